The Morgan fingerprint density at radius 3 is 2.30 bits per heavy atom. The normalized spacial score (nSPS) is 18.9. The number of aliphatic carboxylic acids is 1. The number of hydrogen-bond acceptors (Lipinski definition) is 3. The number of carbonyl (C=O) groups excluding carboxylic acids is 2. The Hall–Kier alpha value is -1.59. The van der Waals surface area contributed by atoms with Gasteiger partial charge in [0.25, 0.3) is 0 Å². The fourth-order valence-corrected chi connectivity index (χ4v) is 2.84. The van der Waals surface area contributed by atoms with E-state index < -0.39 is 12.0 Å². The third-order valence-electron chi connectivity index (χ3n) is 3.89. The van der Waals surface area contributed by atoms with E-state index in [1.165, 1.54) is 6.92 Å². The summed E-state index contributed by atoms with van der Waals surface area (Å²) in [5.74, 6) is -1.35. The molecule has 0 spiro atoms. The summed E-state index contributed by atoms with van der Waals surface area (Å²) in [5.41, 5.74) is -0.338. The molecule has 2 amide bonds. The highest BCUT2D eigenvalue weighted by Gasteiger charge is 2.35. The van der Waals surface area contributed by atoms with E-state index in [2.05, 4.69) is 10.6 Å². The molecule has 0 bridgehead atoms. The third kappa shape index (κ3) is 5.19. The van der Waals surface area contributed by atoms with Crippen LogP contribution in [0.15, 0.2) is 0 Å². The zero-order valence-electron chi connectivity index (χ0n) is 12.2. The lowest BCUT2D eigenvalue weighted by Gasteiger charge is -2.36. The monoisotopic (exact) mass is 284 g/mol. The van der Waals surface area contributed by atoms with Gasteiger partial charge in [-0.25, -0.2) is 0 Å². The molecule has 1 aliphatic carbocycles. The second-order valence-corrected chi connectivity index (χ2v) is 5.77. The van der Waals surface area contributed by atoms with Crippen molar-refractivity contribution in [2.24, 2.45) is 5.41 Å². The second-order valence-electron chi connectivity index (χ2n) is 5.77. The van der Waals surface area contributed by atoms with Crippen LogP contribution in [-0.4, -0.2) is 35.5 Å². The SMILES string of the molecule is CC(=O)NC(C)C(=O)NCC1(CC(=O)O)CCCCC1. The van der Waals surface area contributed by atoms with Crippen molar-refractivity contribution in [3.8, 4) is 0 Å². The highest BCUT2D eigenvalue weighted by atomic mass is 16.4. The first-order chi connectivity index (χ1) is 9.34. The summed E-state index contributed by atoms with van der Waals surface area (Å²) in [6.45, 7) is 3.33. The molecule has 20 heavy (non-hydrogen) atoms. The average Bonchev–Trinajstić information content (AvgIpc) is 2.35. The van der Waals surface area contributed by atoms with Gasteiger partial charge in [-0.05, 0) is 25.2 Å². The molecule has 0 aromatic carbocycles. The minimum atomic E-state index is -0.823. The summed E-state index contributed by atoms with van der Waals surface area (Å²) >= 11 is 0. The largest absolute Gasteiger partial charge is 0.481 e. The molecule has 114 valence electrons. The first-order valence-electron chi connectivity index (χ1n) is 7.11. The number of hydrogen-bond donors (Lipinski definition) is 3. The fraction of sp³-hybridized carbons (Fsp3) is 0.786. The molecule has 0 aromatic heterocycles. The van der Waals surface area contributed by atoms with E-state index in [0.29, 0.717) is 6.54 Å². The molecule has 6 nitrogen and oxygen atoms in total. The first-order valence-corrected chi connectivity index (χ1v) is 7.11. The summed E-state index contributed by atoms with van der Waals surface area (Å²) in [6, 6.07) is -0.599. The number of carboxylic acids is 1. The zero-order chi connectivity index (χ0) is 15.2. The van der Waals surface area contributed by atoms with Gasteiger partial charge in [-0.15, -0.1) is 0 Å². The van der Waals surface area contributed by atoms with Crippen molar-refractivity contribution >= 4 is 17.8 Å². The summed E-state index contributed by atoms with van der Waals surface area (Å²) < 4.78 is 0. The van der Waals surface area contributed by atoms with Crippen molar-refractivity contribution in [1.29, 1.82) is 0 Å². The molecular formula is C14H24N2O4. The summed E-state index contributed by atoms with van der Waals surface area (Å²) in [5, 5.41) is 14.4. The van der Waals surface area contributed by atoms with Crippen molar-refractivity contribution < 1.29 is 19.5 Å². The minimum Gasteiger partial charge on any atom is -0.481 e. The van der Waals surface area contributed by atoms with E-state index >= 15 is 0 Å². The van der Waals surface area contributed by atoms with E-state index in [-0.39, 0.29) is 23.7 Å². The Labute approximate surface area is 119 Å². The molecule has 1 aliphatic rings. The van der Waals surface area contributed by atoms with Crippen LogP contribution in [0.2, 0.25) is 0 Å². The number of amides is 2. The van der Waals surface area contributed by atoms with E-state index in [1.54, 1.807) is 6.92 Å². The van der Waals surface area contributed by atoms with Gasteiger partial charge in [0.2, 0.25) is 11.8 Å². The standard InChI is InChI=1S/C14H24N2O4/c1-10(16-11(2)17)13(20)15-9-14(8-12(18)19)6-4-3-5-7-14/h10H,3-9H2,1-2H3,(H,15,20)(H,16,17)(H,18,19). The van der Waals surface area contributed by atoms with Crippen molar-refractivity contribution in [3.63, 3.8) is 0 Å². The summed E-state index contributed by atoms with van der Waals surface area (Å²) in [7, 11) is 0. The van der Waals surface area contributed by atoms with Gasteiger partial charge >= 0.3 is 5.97 Å². The van der Waals surface area contributed by atoms with Crippen LogP contribution in [0.25, 0.3) is 0 Å². The van der Waals surface area contributed by atoms with Crippen molar-refractivity contribution in [1.82, 2.24) is 10.6 Å². The predicted molar refractivity (Wildman–Crippen MR) is 74.1 cm³/mol. The van der Waals surface area contributed by atoms with E-state index in [4.69, 9.17) is 5.11 Å². The van der Waals surface area contributed by atoms with Crippen LogP contribution in [0, 0.1) is 5.41 Å². The van der Waals surface area contributed by atoms with Crippen LogP contribution < -0.4 is 10.6 Å². The second kappa shape index (κ2) is 7.26. The van der Waals surface area contributed by atoms with Crippen molar-refractivity contribution in [2.75, 3.05) is 6.54 Å². The van der Waals surface area contributed by atoms with E-state index in [0.717, 1.165) is 32.1 Å². The maximum Gasteiger partial charge on any atom is 0.303 e. The minimum absolute atomic E-state index is 0.0851. The van der Waals surface area contributed by atoms with Gasteiger partial charge in [0.05, 0.1) is 6.42 Å². The lowest BCUT2D eigenvalue weighted by Crippen LogP contribution is -2.48. The molecule has 1 saturated carbocycles. The fourth-order valence-electron chi connectivity index (χ4n) is 2.84. The Bertz CT molecular complexity index is 375. The Morgan fingerprint density at radius 2 is 1.80 bits per heavy atom. The van der Waals surface area contributed by atoms with Gasteiger partial charge in [-0.2, -0.15) is 0 Å². The lowest BCUT2D eigenvalue weighted by molar-refractivity contribution is -0.140. The van der Waals surface area contributed by atoms with Gasteiger partial charge < -0.3 is 15.7 Å². The molecule has 0 aromatic rings. The van der Waals surface area contributed by atoms with E-state index in [9.17, 15) is 14.4 Å². The molecule has 1 rings (SSSR count). The summed E-state index contributed by atoms with van der Waals surface area (Å²) in [4.78, 5) is 33.8. The molecule has 6 heteroatoms. The van der Waals surface area contributed by atoms with Crippen LogP contribution in [0.3, 0.4) is 0 Å². The Kier molecular flexibility index (Phi) is 5.98. The van der Waals surface area contributed by atoms with Crippen LogP contribution in [0.1, 0.15) is 52.4 Å². The maximum atomic E-state index is 11.9. The number of nitrogens with one attached hydrogen (secondary N) is 2. The van der Waals surface area contributed by atoms with Gasteiger partial charge in [0, 0.05) is 13.5 Å². The van der Waals surface area contributed by atoms with Gasteiger partial charge in [-0.3, -0.25) is 14.4 Å². The predicted octanol–water partition coefficient (Wildman–Crippen LogP) is 1.05. The van der Waals surface area contributed by atoms with Crippen LogP contribution >= 0.6 is 0 Å². The van der Waals surface area contributed by atoms with Crippen LogP contribution in [0.4, 0.5) is 0 Å². The number of rotatable bonds is 6. The smallest absolute Gasteiger partial charge is 0.303 e. The molecule has 3 N–H and O–H groups in total. The Balaban J connectivity index is 2.55. The van der Waals surface area contributed by atoms with Gasteiger partial charge in [-0.1, -0.05) is 19.3 Å². The highest BCUT2D eigenvalue weighted by Crippen LogP contribution is 2.38. The van der Waals surface area contributed by atoms with Gasteiger partial charge in [0.15, 0.2) is 0 Å². The molecule has 1 fully saturated rings. The molecule has 1 atom stereocenters. The average molecular weight is 284 g/mol. The number of carboxylic acid groups (broad SMARTS) is 1. The van der Waals surface area contributed by atoms with Gasteiger partial charge in [0.1, 0.15) is 6.04 Å². The highest BCUT2D eigenvalue weighted by molar-refractivity contribution is 5.86. The third-order valence-corrected chi connectivity index (χ3v) is 3.89. The topological polar surface area (TPSA) is 95.5 Å². The first kappa shape index (κ1) is 16.5. The maximum absolute atomic E-state index is 11.9. The molecule has 0 radical (unpaired) electrons. The molecule has 0 heterocycles. The van der Waals surface area contributed by atoms with Crippen LogP contribution in [0.5, 0.6) is 0 Å². The molecule has 1 unspecified atom stereocenters. The quantitative estimate of drug-likeness (QED) is 0.679. The molecule has 0 saturated heterocycles. The van der Waals surface area contributed by atoms with Crippen LogP contribution in [-0.2, 0) is 14.4 Å². The lowest BCUT2D eigenvalue weighted by atomic mass is 9.71. The zero-order valence-corrected chi connectivity index (χ0v) is 12.2. The van der Waals surface area contributed by atoms with Crippen molar-refractivity contribution in [2.45, 2.75) is 58.4 Å². The summed E-state index contributed by atoms with van der Waals surface area (Å²) in [6.07, 6.45) is 4.87. The Morgan fingerprint density at radius 1 is 1.20 bits per heavy atom. The molecular weight excluding hydrogens is 260 g/mol. The van der Waals surface area contributed by atoms with E-state index in [1.807, 2.05) is 0 Å². The number of carbonyl (C=O) groups is 3. The molecule has 0 aliphatic heterocycles. The van der Waals surface area contributed by atoms with Crippen molar-refractivity contribution in [3.05, 3.63) is 0 Å².